The van der Waals surface area contributed by atoms with E-state index in [0.717, 1.165) is 24.8 Å². The number of aliphatic hydroxyl groups is 1. The van der Waals surface area contributed by atoms with E-state index < -0.39 is 12.1 Å². The Morgan fingerprint density at radius 1 is 1.19 bits per heavy atom. The van der Waals surface area contributed by atoms with Gasteiger partial charge in [-0.1, -0.05) is 24.3 Å². The third-order valence-electron chi connectivity index (χ3n) is 3.71. The molecule has 1 aliphatic rings. The molecule has 1 fully saturated rings. The Labute approximate surface area is 123 Å². The van der Waals surface area contributed by atoms with Crippen LogP contribution < -0.4 is 0 Å². The maximum absolute atomic E-state index is 11.8. The minimum absolute atomic E-state index is 0.0109. The number of hydrogen-bond donors (Lipinski definition) is 2. The van der Waals surface area contributed by atoms with E-state index in [1.807, 2.05) is 0 Å². The van der Waals surface area contributed by atoms with Crippen LogP contribution >= 0.6 is 0 Å². The number of benzene rings is 1. The number of hydrogen-bond acceptors (Lipinski definition) is 4. The van der Waals surface area contributed by atoms with E-state index in [1.165, 1.54) is 0 Å². The SMILES string of the molecule is O=C(O)CCC(=O)c1ccc(C(O)C2CCCCO2)cc1. The fourth-order valence-corrected chi connectivity index (χ4v) is 2.46. The van der Waals surface area contributed by atoms with Crippen molar-refractivity contribution in [2.75, 3.05) is 6.61 Å². The summed E-state index contributed by atoms with van der Waals surface area (Å²) < 4.78 is 5.55. The van der Waals surface area contributed by atoms with E-state index >= 15 is 0 Å². The lowest BCUT2D eigenvalue weighted by Crippen LogP contribution is -2.26. The molecule has 2 N–H and O–H groups in total. The first-order chi connectivity index (χ1) is 10.1. The summed E-state index contributed by atoms with van der Waals surface area (Å²) in [6.07, 6.45) is 1.86. The van der Waals surface area contributed by atoms with Gasteiger partial charge in [0, 0.05) is 18.6 Å². The van der Waals surface area contributed by atoms with Gasteiger partial charge in [0.15, 0.2) is 5.78 Å². The maximum atomic E-state index is 11.8. The van der Waals surface area contributed by atoms with Crippen LogP contribution in [-0.4, -0.2) is 34.7 Å². The van der Waals surface area contributed by atoms with Crippen LogP contribution in [0, 0.1) is 0 Å². The summed E-state index contributed by atoms with van der Waals surface area (Å²) in [5.74, 6) is -1.18. The van der Waals surface area contributed by atoms with Crippen LogP contribution in [0.5, 0.6) is 0 Å². The monoisotopic (exact) mass is 292 g/mol. The zero-order chi connectivity index (χ0) is 15.2. The fourth-order valence-electron chi connectivity index (χ4n) is 2.46. The highest BCUT2D eigenvalue weighted by Gasteiger charge is 2.24. The molecule has 0 aromatic heterocycles. The molecule has 0 saturated carbocycles. The Kier molecular flexibility index (Phi) is 5.47. The standard InChI is InChI=1S/C16H20O5/c17-13(8-9-15(18)19)11-4-6-12(7-5-11)16(20)14-3-1-2-10-21-14/h4-7,14,16,20H,1-3,8-10H2,(H,18,19). The first-order valence-electron chi connectivity index (χ1n) is 7.22. The Balaban J connectivity index is 1.97. The van der Waals surface area contributed by atoms with Gasteiger partial charge in [-0.3, -0.25) is 9.59 Å². The third-order valence-corrected chi connectivity index (χ3v) is 3.71. The number of rotatable bonds is 6. The number of carboxylic acid groups (broad SMARTS) is 1. The van der Waals surface area contributed by atoms with Gasteiger partial charge in [-0.2, -0.15) is 0 Å². The van der Waals surface area contributed by atoms with Crippen molar-refractivity contribution in [2.45, 2.75) is 44.3 Å². The van der Waals surface area contributed by atoms with E-state index in [4.69, 9.17) is 9.84 Å². The third kappa shape index (κ3) is 4.37. The normalized spacial score (nSPS) is 20.0. The molecule has 0 bridgehead atoms. The number of carboxylic acids is 1. The molecule has 5 nitrogen and oxygen atoms in total. The van der Waals surface area contributed by atoms with E-state index in [0.29, 0.717) is 12.2 Å². The molecule has 1 saturated heterocycles. The van der Waals surface area contributed by atoms with Crippen LogP contribution in [0.3, 0.4) is 0 Å². The van der Waals surface area contributed by atoms with Crippen molar-refractivity contribution in [3.8, 4) is 0 Å². The average Bonchev–Trinajstić information content (AvgIpc) is 2.53. The van der Waals surface area contributed by atoms with Gasteiger partial charge >= 0.3 is 5.97 Å². The van der Waals surface area contributed by atoms with Gasteiger partial charge in [0.05, 0.1) is 12.5 Å². The van der Waals surface area contributed by atoms with Gasteiger partial charge in [0.2, 0.25) is 0 Å². The predicted molar refractivity (Wildman–Crippen MR) is 76.2 cm³/mol. The molecule has 1 aromatic carbocycles. The van der Waals surface area contributed by atoms with Crippen LogP contribution in [0.2, 0.25) is 0 Å². The molecule has 1 heterocycles. The Bertz CT molecular complexity index is 488. The summed E-state index contributed by atoms with van der Waals surface area (Å²) in [5.41, 5.74) is 1.19. The maximum Gasteiger partial charge on any atom is 0.303 e. The summed E-state index contributed by atoms with van der Waals surface area (Å²) >= 11 is 0. The Morgan fingerprint density at radius 3 is 2.48 bits per heavy atom. The summed E-state index contributed by atoms with van der Waals surface area (Å²) in [4.78, 5) is 22.2. The van der Waals surface area contributed by atoms with Gasteiger partial charge in [-0.15, -0.1) is 0 Å². The zero-order valence-corrected chi connectivity index (χ0v) is 11.8. The minimum Gasteiger partial charge on any atom is -0.481 e. The molecular formula is C16H20O5. The molecule has 0 aliphatic carbocycles. The lowest BCUT2D eigenvalue weighted by Gasteiger charge is -2.27. The number of ketones is 1. The number of carbonyl (C=O) groups excluding carboxylic acids is 1. The van der Waals surface area contributed by atoms with Crippen molar-refractivity contribution in [1.82, 2.24) is 0 Å². The first-order valence-corrected chi connectivity index (χ1v) is 7.22. The number of Topliss-reactive ketones (excluding diaryl/α,β-unsaturated/α-hetero) is 1. The van der Waals surface area contributed by atoms with Crippen LogP contribution in [0.15, 0.2) is 24.3 Å². The predicted octanol–water partition coefficient (Wildman–Crippen LogP) is 2.34. The Hall–Kier alpha value is -1.72. The molecule has 0 amide bonds. The highest BCUT2D eigenvalue weighted by Crippen LogP contribution is 2.26. The molecule has 1 aromatic rings. The van der Waals surface area contributed by atoms with Crippen molar-refractivity contribution < 1.29 is 24.5 Å². The molecule has 2 atom stereocenters. The summed E-state index contributed by atoms with van der Waals surface area (Å²) in [6, 6.07) is 6.67. The average molecular weight is 292 g/mol. The second-order valence-corrected chi connectivity index (χ2v) is 5.29. The van der Waals surface area contributed by atoms with Crippen LogP contribution in [0.1, 0.15) is 54.1 Å². The molecule has 0 radical (unpaired) electrons. The summed E-state index contributed by atoms with van der Waals surface area (Å²) in [7, 11) is 0. The van der Waals surface area contributed by atoms with Crippen LogP contribution in [0.25, 0.3) is 0 Å². The lowest BCUT2D eigenvalue weighted by molar-refractivity contribution is -0.136. The molecule has 114 valence electrons. The van der Waals surface area contributed by atoms with Crippen LogP contribution in [-0.2, 0) is 9.53 Å². The van der Waals surface area contributed by atoms with E-state index in [2.05, 4.69) is 0 Å². The number of carbonyl (C=O) groups is 2. The molecule has 2 rings (SSSR count). The molecule has 5 heteroatoms. The molecular weight excluding hydrogens is 272 g/mol. The highest BCUT2D eigenvalue weighted by atomic mass is 16.5. The molecule has 1 aliphatic heterocycles. The number of ether oxygens (including phenoxy) is 1. The fraction of sp³-hybridized carbons (Fsp3) is 0.500. The van der Waals surface area contributed by atoms with Crippen molar-refractivity contribution >= 4 is 11.8 Å². The highest BCUT2D eigenvalue weighted by molar-refractivity contribution is 5.97. The summed E-state index contributed by atoms with van der Waals surface area (Å²) in [5, 5.41) is 18.8. The van der Waals surface area contributed by atoms with Crippen molar-refractivity contribution in [3.63, 3.8) is 0 Å². The van der Waals surface area contributed by atoms with Gasteiger partial charge < -0.3 is 14.9 Å². The minimum atomic E-state index is -0.982. The van der Waals surface area contributed by atoms with Gasteiger partial charge in [0.1, 0.15) is 6.10 Å². The summed E-state index contributed by atoms with van der Waals surface area (Å²) in [6.45, 7) is 0.674. The second kappa shape index (κ2) is 7.33. The molecule has 0 spiro atoms. The molecule has 21 heavy (non-hydrogen) atoms. The van der Waals surface area contributed by atoms with Gasteiger partial charge in [0.25, 0.3) is 0 Å². The van der Waals surface area contributed by atoms with Crippen molar-refractivity contribution in [2.24, 2.45) is 0 Å². The second-order valence-electron chi connectivity index (χ2n) is 5.29. The smallest absolute Gasteiger partial charge is 0.303 e. The first kappa shape index (κ1) is 15.7. The van der Waals surface area contributed by atoms with E-state index in [9.17, 15) is 14.7 Å². The number of aliphatic hydroxyl groups excluding tert-OH is 1. The van der Waals surface area contributed by atoms with E-state index in [1.54, 1.807) is 24.3 Å². The zero-order valence-electron chi connectivity index (χ0n) is 11.8. The van der Waals surface area contributed by atoms with E-state index in [-0.39, 0.29) is 24.7 Å². The number of aliphatic carboxylic acids is 1. The Morgan fingerprint density at radius 2 is 1.90 bits per heavy atom. The van der Waals surface area contributed by atoms with Crippen LogP contribution in [0.4, 0.5) is 0 Å². The topological polar surface area (TPSA) is 83.8 Å². The van der Waals surface area contributed by atoms with Crippen molar-refractivity contribution in [1.29, 1.82) is 0 Å². The molecule has 2 unspecified atom stereocenters. The van der Waals surface area contributed by atoms with Gasteiger partial charge in [-0.05, 0) is 24.8 Å². The largest absolute Gasteiger partial charge is 0.481 e. The lowest BCUT2D eigenvalue weighted by atomic mass is 9.96. The van der Waals surface area contributed by atoms with Gasteiger partial charge in [-0.25, -0.2) is 0 Å². The quantitative estimate of drug-likeness (QED) is 0.786. The van der Waals surface area contributed by atoms with Crippen molar-refractivity contribution in [3.05, 3.63) is 35.4 Å².